The number of aryl methyl sites for hydroxylation is 2. The molecular formula is C33H30N2P+. The van der Waals surface area contributed by atoms with Gasteiger partial charge in [0, 0.05) is 18.1 Å². The molecule has 0 aliphatic carbocycles. The van der Waals surface area contributed by atoms with Gasteiger partial charge in [0.2, 0.25) is 0 Å². The maximum absolute atomic E-state index is 4.90. The van der Waals surface area contributed by atoms with Crippen LogP contribution < -0.4 is 21.2 Å². The zero-order valence-corrected chi connectivity index (χ0v) is 21.6. The first-order valence-corrected chi connectivity index (χ1v) is 14.0. The van der Waals surface area contributed by atoms with E-state index in [1.54, 1.807) is 0 Å². The molecule has 0 radical (unpaired) electrons. The third kappa shape index (κ3) is 4.49. The van der Waals surface area contributed by atoms with Crippen molar-refractivity contribution in [3.8, 4) is 0 Å². The first kappa shape index (κ1) is 23.7. The van der Waals surface area contributed by atoms with Gasteiger partial charge in [0.05, 0.1) is 0 Å². The van der Waals surface area contributed by atoms with E-state index in [1.165, 1.54) is 32.4 Å². The lowest BCUT2D eigenvalue weighted by atomic mass is 10.1. The number of pyridine rings is 1. The van der Waals surface area contributed by atoms with Crippen LogP contribution in [0, 0.1) is 13.8 Å². The Balaban J connectivity index is 1.87. The summed E-state index contributed by atoms with van der Waals surface area (Å²) in [5.74, 6) is 0. The molecular weight excluding hydrogens is 455 g/mol. The molecule has 0 bridgehead atoms. The van der Waals surface area contributed by atoms with Gasteiger partial charge in [0.1, 0.15) is 28.9 Å². The Labute approximate surface area is 214 Å². The third-order valence-corrected chi connectivity index (χ3v) is 10.9. The molecule has 1 aromatic heterocycles. The quantitative estimate of drug-likeness (QED) is 0.249. The van der Waals surface area contributed by atoms with Crippen molar-refractivity contribution in [2.45, 2.75) is 13.8 Å². The Morgan fingerprint density at radius 3 is 1.50 bits per heavy atom. The number of aromatic nitrogens is 1. The average molecular weight is 486 g/mol. The van der Waals surface area contributed by atoms with Gasteiger partial charge in [0.15, 0.2) is 5.31 Å². The molecule has 176 valence electrons. The number of nitrogens with zero attached hydrogens (tertiary/aromatic N) is 1. The fourth-order valence-electron chi connectivity index (χ4n) is 4.86. The number of hydrogen-bond donors (Lipinski definition) is 1. The summed E-state index contributed by atoms with van der Waals surface area (Å²) < 4.78 is 0. The second-order valence-electron chi connectivity index (χ2n) is 8.83. The summed E-state index contributed by atoms with van der Waals surface area (Å²) in [6.07, 6.45) is 4.09. The fraction of sp³-hybridized carbons (Fsp3) is 0.0606. The normalized spacial score (nSPS) is 11.8. The smallest absolute Gasteiger partial charge is 0.151 e. The molecule has 1 heterocycles. The number of anilines is 1. The first-order chi connectivity index (χ1) is 17.7. The number of hydrogen-bond acceptors (Lipinski definition) is 2. The first-order valence-electron chi connectivity index (χ1n) is 12.2. The number of para-hydroxylation sites is 1. The summed E-state index contributed by atoms with van der Waals surface area (Å²) in [5.41, 5.74) is 4.55. The van der Waals surface area contributed by atoms with Crippen molar-refractivity contribution in [3.05, 3.63) is 157 Å². The molecule has 3 heteroatoms. The van der Waals surface area contributed by atoms with Crippen LogP contribution in [0.15, 0.2) is 140 Å². The van der Waals surface area contributed by atoms with Crippen LogP contribution in [0.4, 0.5) is 5.69 Å². The number of nitrogens with one attached hydrogen (secondary N) is 1. The van der Waals surface area contributed by atoms with Gasteiger partial charge in [-0.3, -0.25) is 4.98 Å². The second kappa shape index (κ2) is 10.7. The molecule has 0 atom stereocenters. The largest absolute Gasteiger partial charge is 0.358 e. The van der Waals surface area contributed by atoms with E-state index < -0.39 is 7.26 Å². The van der Waals surface area contributed by atoms with Crippen LogP contribution in [-0.2, 0) is 0 Å². The van der Waals surface area contributed by atoms with Gasteiger partial charge in [-0.15, -0.1) is 0 Å². The highest BCUT2D eigenvalue weighted by Gasteiger charge is 2.50. The Bertz CT molecular complexity index is 1330. The summed E-state index contributed by atoms with van der Waals surface area (Å²) in [7, 11) is -2.32. The van der Waals surface area contributed by atoms with Crippen LogP contribution in [0.25, 0.3) is 5.31 Å². The van der Waals surface area contributed by atoms with Crippen LogP contribution in [0.1, 0.15) is 16.8 Å². The fourth-order valence-corrected chi connectivity index (χ4v) is 9.18. The third-order valence-electron chi connectivity index (χ3n) is 6.55. The molecule has 0 spiro atoms. The van der Waals surface area contributed by atoms with Crippen molar-refractivity contribution in [3.63, 3.8) is 0 Å². The topological polar surface area (TPSA) is 24.9 Å². The lowest BCUT2D eigenvalue weighted by Gasteiger charge is -2.29. The van der Waals surface area contributed by atoms with E-state index in [0.717, 1.165) is 11.4 Å². The van der Waals surface area contributed by atoms with E-state index in [-0.39, 0.29) is 0 Å². The molecule has 5 rings (SSSR count). The molecule has 4 aromatic carbocycles. The average Bonchev–Trinajstić information content (AvgIpc) is 2.94. The van der Waals surface area contributed by atoms with E-state index in [0.29, 0.717) is 0 Å². The summed E-state index contributed by atoms with van der Waals surface area (Å²) in [5, 5.41) is 8.79. The van der Waals surface area contributed by atoms with Gasteiger partial charge < -0.3 is 5.32 Å². The van der Waals surface area contributed by atoms with E-state index in [2.05, 4.69) is 147 Å². The minimum atomic E-state index is -2.32. The van der Waals surface area contributed by atoms with Crippen molar-refractivity contribution >= 4 is 34.2 Å². The molecule has 2 nitrogen and oxygen atoms in total. The molecule has 5 aromatic rings. The monoisotopic (exact) mass is 485 g/mol. The molecule has 0 amide bonds. The molecule has 0 fully saturated rings. The van der Waals surface area contributed by atoms with Crippen molar-refractivity contribution in [2.24, 2.45) is 0 Å². The van der Waals surface area contributed by atoms with Crippen LogP contribution >= 0.6 is 7.26 Å². The zero-order chi connectivity index (χ0) is 24.8. The number of rotatable bonds is 7. The predicted octanol–water partition coefficient (Wildman–Crippen LogP) is 7.10. The molecule has 0 aliphatic heterocycles. The van der Waals surface area contributed by atoms with Crippen LogP contribution in [-0.4, -0.2) is 4.98 Å². The van der Waals surface area contributed by atoms with E-state index in [4.69, 9.17) is 4.98 Å². The molecule has 36 heavy (non-hydrogen) atoms. The maximum Gasteiger partial charge on any atom is 0.151 e. The highest BCUT2D eigenvalue weighted by molar-refractivity contribution is 8.03. The van der Waals surface area contributed by atoms with Gasteiger partial charge in [0.25, 0.3) is 0 Å². The molecule has 0 unspecified atom stereocenters. The SMILES string of the molecule is Cc1cccc(C)c1NC=C(c1ccccn1)[P+](c1ccccc1)(c1ccccc1)c1ccccc1. The summed E-state index contributed by atoms with van der Waals surface area (Å²) >= 11 is 0. The van der Waals surface area contributed by atoms with E-state index in [9.17, 15) is 0 Å². The Morgan fingerprint density at radius 2 is 1.06 bits per heavy atom. The molecule has 1 N–H and O–H groups in total. The Morgan fingerprint density at radius 1 is 0.583 bits per heavy atom. The second-order valence-corrected chi connectivity index (χ2v) is 12.2. The Kier molecular flexibility index (Phi) is 7.07. The summed E-state index contributed by atoms with van der Waals surface area (Å²) in [4.78, 5) is 4.90. The zero-order valence-electron chi connectivity index (χ0n) is 20.7. The minimum Gasteiger partial charge on any atom is -0.358 e. The lowest BCUT2D eigenvalue weighted by molar-refractivity contribution is 1.29. The molecule has 0 saturated carbocycles. The van der Waals surface area contributed by atoms with Crippen molar-refractivity contribution in [1.82, 2.24) is 4.98 Å². The van der Waals surface area contributed by atoms with Gasteiger partial charge in [-0.1, -0.05) is 78.9 Å². The molecule has 0 aliphatic rings. The molecule has 0 saturated heterocycles. The predicted molar refractivity (Wildman–Crippen MR) is 157 cm³/mol. The van der Waals surface area contributed by atoms with E-state index in [1.807, 2.05) is 12.3 Å². The van der Waals surface area contributed by atoms with Crippen molar-refractivity contribution < 1.29 is 0 Å². The van der Waals surface area contributed by atoms with Gasteiger partial charge in [-0.2, -0.15) is 0 Å². The maximum atomic E-state index is 4.90. The Hall–Kier alpha value is -4.00. The van der Waals surface area contributed by atoms with Gasteiger partial charge >= 0.3 is 0 Å². The van der Waals surface area contributed by atoms with E-state index >= 15 is 0 Å². The highest BCUT2D eigenvalue weighted by Crippen LogP contribution is 2.65. The lowest BCUT2D eigenvalue weighted by Crippen LogP contribution is -2.32. The number of benzene rings is 4. The van der Waals surface area contributed by atoms with Crippen LogP contribution in [0.5, 0.6) is 0 Å². The van der Waals surface area contributed by atoms with Crippen molar-refractivity contribution in [2.75, 3.05) is 5.32 Å². The van der Waals surface area contributed by atoms with Crippen LogP contribution in [0.3, 0.4) is 0 Å². The van der Waals surface area contributed by atoms with Gasteiger partial charge in [-0.25, -0.2) is 0 Å². The highest BCUT2D eigenvalue weighted by atomic mass is 31.2. The minimum absolute atomic E-state index is 0.973. The van der Waals surface area contributed by atoms with Crippen molar-refractivity contribution in [1.29, 1.82) is 0 Å². The summed E-state index contributed by atoms with van der Waals surface area (Å²) in [6.45, 7) is 4.30. The summed E-state index contributed by atoms with van der Waals surface area (Å²) in [6, 6.07) is 45.3. The van der Waals surface area contributed by atoms with Gasteiger partial charge in [-0.05, 0) is 73.5 Å². The van der Waals surface area contributed by atoms with Crippen LogP contribution in [0.2, 0.25) is 0 Å². The standard InChI is InChI=1S/C33H30N2P/c1-26-15-14-16-27(2)33(26)35-25-32(31-23-12-13-24-34-31)36(28-17-6-3-7-18-28,29-19-8-4-9-20-29)30-21-10-5-11-22-30/h3-25,35H,1-2H3/q+1.